The van der Waals surface area contributed by atoms with E-state index < -0.39 is 5.60 Å². The number of benzene rings is 1. The maximum atomic E-state index is 10.2. The molecule has 82 valence electrons. The minimum absolute atomic E-state index is 0.598. The van der Waals surface area contributed by atoms with Crippen LogP contribution in [0.2, 0.25) is 10.0 Å². The molecule has 1 fully saturated rings. The minimum atomic E-state index is -0.645. The van der Waals surface area contributed by atoms with E-state index in [4.69, 9.17) is 23.2 Å². The van der Waals surface area contributed by atoms with Crippen LogP contribution in [0.1, 0.15) is 12.0 Å². The lowest BCUT2D eigenvalue weighted by Crippen LogP contribution is -2.33. The largest absolute Gasteiger partial charge is 0.388 e. The highest BCUT2D eigenvalue weighted by molar-refractivity contribution is 6.34. The van der Waals surface area contributed by atoms with Gasteiger partial charge in [-0.25, -0.2) is 0 Å². The number of nitrogens with one attached hydrogen (secondary N) is 1. The topological polar surface area (TPSA) is 32.3 Å². The number of halogens is 2. The normalized spacial score (nSPS) is 25.8. The van der Waals surface area contributed by atoms with Crippen LogP contribution in [0.25, 0.3) is 0 Å². The fourth-order valence-corrected chi connectivity index (χ4v) is 2.55. The Morgan fingerprint density at radius 3 is 2.47 bits per heavy atom. The zero-order valence-electron chi connectivity index (χ0n) is 8.26. The quantitative estimate of drug-likeness (QED) is 0.838. The van der Waals surface area contributed by atoms with E-state index in [1.807, 2.05) is 12.1 Å². The zero-order chi connectivity index (χ0) is 10.9. The molecule has 1 aromatic rings. The summed E-state index contributed by atoms with van der Waals surface area (Å²) in [6.45, 7) is 1.50. The molecule has 1 aliphatic heterocycles. The average Bonchev–Trinajstić information content (AvgIpc) is 2.49. The number of β-amino-alcohol motifs (C(OH)–C–C–N with tert-alkyl or cyclic N) is 1. The van der Waals surface area contributed by atoms with Gasteiger partial charge in [-0.05, 0) is 36.7 Å². The molecular formula is C11H13Cl2NO. The summed E-state index contributed by atoms with van der Waals surface area (Å²) in [5.74, 6) is 0. The maximum absolute atomic E-state index is 10.2. The predicted molar refractivity (Wildman–Crippen MR) is 62.6 cm³/mol. The lowest BCUT2D eigenvalue weighted by molar-refractivity contribution is 0.0619. The van der Waals surface area contributed by atoms with Crippen LogP contribution < -0.4 is 5.32 Å². The SMILES string of the molecule is OC1(Cc2cc(Cl)cc(Cl)c2)CCNC1. The van der Waals surface area contributed by atoms with Gasteiger partial charge in [0.1, 0.15) is 0 Å². The fraction of sp³-hybridized carbons (Fsp3) is 0.455. The highest BCUT2D eigenvalue weighted by Crippen LogP contribution is 2.25. The van der Waals surface area contributed by atoms with Crippen LogP contribution in [-0.2, 0) is 6.42 Å². The van der Waals surface area contributed by atoms with Gasteiger partial charge >= 0.3 is 0 Å². The number of hydrogen-bond acceptors (Lipinski definition) is 2. The Kier molecular flexibility index (Phi) is 3.21. The molecule has 1 atom stereocenters. The van der Waals surface area contributed by atoms with Gasteiger partial charge < -0.3 is 10.4 Å². The molecule has 2 N–H and O–H groups in total. The Labute approximate surface area is 99.2 Å². The van der Waals surface area contributed by atoms with E-state index in [9.17, 15) is 5.11 Å². The van der Waals surface area contributed by atoms with Crippen LogP contribution in [0.15, 0.2) is 18.2 Å². The Balaban J connectivity index is 2.16. The van der Waals surface area contributed by atoms with Gasteiger partial charge in [-0.1, -0.05) is 23.2 Å². The summed E-state index contributed by atoms with van der Waals surface area (Å²) < 4.78 is 0. The van der Waals surface area contributed by atoms with E-state index in [1.165, 1.54) is 0 Å². The van der Waals surface area contributed by atoms with Crippen LogP contribution in [-0.4, -0.2) is 23.8 Å². The summed E-state index contributed by atoms with van der Waals surface area (Å²) in [4.78, 5) is 0. The van der Waals surface area contributed by atoms with E-state index in [-0.39, 0.29) is 0 Å². The molecule has 1 heterocycles. The molecule has 2 rings (SSSR count). The first-order valence-corrected chi connectivity index (χ1v) is 5.71. The van der Waals surface area contributed by atoms with Crippen LogP contribution in [0.4, 0.5) is 0 Å². The second kappa shape index (κ2) is 4.30. The molecule has 0 spiro atoms. The molecule has 1 saturated heterocycles. The predicted octanol–water partition coefficient (Wildman–Crippen LogP) is 2.26. The summed E-state index contributed by atoms with van der Waals surface area (Å²) in [5, 5.41) is 14.6. The van der Waals surface area contributed by atoms with Crippen molar-refractivity contribution in [1.82, 2.24) is 5.32 Å². The van der Waals surface area contributed by atoms with Crippen molar-refractivity contribution in [3.05, 3.63) is 33.8 Å². The summed E-state index contributed by atoms with van der Waals surface area (Å²) in [5.41, 5.74) is 0.340. The van der Waals surface area contributed by atoms with Crippen LogP contribution in [0.5, 0.6) is 0 Å². The molecule has 0 saturated carbocycles. The first-order valence-electron chi connectivity index (χ1n) is 4.95. The van der Waals surface area contributed by atoms with Gasteiger partial charge in [-0.15, -0.1) is 0 Å². The molecule has 0 bridgehead atoms. The highest BCUT2D eigenvalue weighted by Gasteiger charge is 2.31. The molecule has 0 aliphatic carbocycles. The van der Waals surface area contributed by atoms with E-state index in [1.54, 1.807) is 6.07 Å². The van der Waals surface area contributed by atoms with Crippen molar-refractivity contribution >= 4 is 23.2 Å². The molecule has 2 nitrogen and oxygen atoms in total. The Morgan fingerprint density at radius 2 is 1.93 bits per heavy atom. The zero-order valence-corrected chi connectivity index (χ0v) is 9.78. The second-order valence-corrected chi connectivity index (χ2v) is 4.98. The van der Waals surface area contributed by atoms with Crippen molar-refractivity contribution in [1.29, 1.82) is 0 Å². The van der Waals surface area contributed by atoms with Gasteiger partial charge in [0.15, 0.2) is 0 Å². The van der Waals surface area contributed by atoms with Crippen molar-refractivity contribution in [2.24, 2.45) is 0 Å². The van der Waals surface area contributed by atoms with Crippen molar-refractivity contribution in [2.75, 3.05) is 13.1 Å². The maximum Gasteiger partial charge on any atom is 0.0823 e. The summed E-state index contributed by atoms with van der Waals surface area (Å²) in [7, 11) is 0. The van der Waals surface area contributed by atoms with E-state index in [0.29, 0.717) is 23.0 Å². The molecule has 0 aromatic heterocycles. The fourth-order valence-electron chi connectivity index (χ4n) is 1.97. The van der Waals surface area contributed by atoms with Gasteiger partial charge in [0.05, 0.1) is 5.60 Å². The van der Waals surface area contributed by atoms with Crippen LogP contribution in [0.3, 0.4) is 0 Å². The van der Waals surface area contributed by atoms with Gasteiger partial charge in [-0.2, -0.15) is 0 Å². The number of rotatable bonds is 2. The highest BCUT2D eigenvalue weighted by atomic mass is 35.5. The molecular weight excluding hydrogens is 233 g/mol. The Hall–Kier alpha value is -0.280. The molecule has 15 heavy (non-hydrogen) atoms. The van der Waals surface area contributed by atoms with Gasteiger partial charge in [0.25, 0.3) is 0 Å². The summed E-state index contributed by atoms with van der Waals surface area (Å²) >= 11 is 11.8. The third-order valence-electron chi connectivity index (χ3n) is 2.68. The van der Waals surface area contributed by atoms with Gasteiger partial charge in [0.2, 0.25) is 0 Å². The van der Waals surface area contributed by atoms with Crippen molar-refractivity contribution in [3.63, 3.8) is 0 Å². The van der Waals surface area contributed by atoms with Gasteiger partial charge in [-0.3, -0.25) is 0 Å². The molecule has 1 unspecified atom stereocenters. The monoisotopic (exact) mass is 245 g/mol. The lowest BCUT2D eigenvalue weighted by atomic mass is 9.94. The van der Waals surface area contributed by atoms with Crippen molar-refractivity contribution in [3.8, 4) is 0 Å². The third kappa shape index (κ3) is 2.85. The molecule has 4 heteroatoms. The Bertz CT molecular complexity index is 341. The van der Waals surface area contributed by atoms with Crippen molar-refractivity contribution in [2.45, 2.75) is 18.4 Å². The molecule has 0 amide bonds. The van der Waals surface area contributed by atoms with Crippen molar-refractivity contribution < 1.29 is 5.11 Å². The molecule has 1 aliphatic rings. The number of aliphatic hydroxyl groups is 1. The summed E-state index contributed by atoms with van der Waals surface area (Å²) in [6.07, 6.45) is 1.37. The lowest BCUT2D eigenvalue weighted by Gasteiger charge is -2.21. The number of hydrogen-bond donors (Lipinski definition) is 2. The van der Waals surface area contributed by atoms with Crippen LogP contribution >= 0.6 is 23.2 Å². The molecule has 1 aromatic carbocycles. The van der Waals surface area contributed by atoms with Crippen LogP contribution in [0, 0.1) is 0 Å². The summed E-state index contributed by atoms with van der Waals surface area (Å²) in [6, 6.07) is 5.40. The van der Waals surface area contributed by atoms with Gasteiger partial charge in [0, 0.05) is 23.0 Å². The third-order valence-corrected chi connectivity index (χ3v) is 3.11. The average molecular weight is 246 g/mol. The first kappa shape index (κ1) is 11.2. The second-order valence-electron chi connectivity index (χ2n) is 4.11. The molecule has 0 radical (unpaired) electrons. The minimum Gasteiger partial charge on any atom is -0.388 e. The van der Waals surface area contributed by atoms with E-state index in [0.717, 1.165) is 18.5 Å². The van der Waals surface area contributed by atoms with E-state index in [2.05, 4.69) is 5.32 Å². The first-order chi connectivity index (χ1) is 7.07. The van der Waals surface area contributed by atoms with E-state index >= 15 is 0 Å². The standard InChI is InChI=1S/C11H13Cl2NO/c12-9-3-8(4-10(13)5-9)6-11(15)1-2-14-7-11/h3-5,14-15H,1-2,6-7H2. The Morgan fingerprint density at radius 1 is 1.27 bits per heavy atom. The smallest absolute Gasteiger partial charge is 0.0823 e.